The topological polar surface area (TPSA) is 26.3 Å². The van der Waals surface area contributed by atoms with Gasteiger partial charge in [-0.25, -0.2) is 0 Å². The van der Waals surface area contributed by atoms with Gasteiger partial charge in [0.2, 0.25) is 0 Å². The van der Waals surface area contributed by atoms with Gasteiger partial charge in [-0.15, -0.1) is 0 Å². The Morgan fingerprint density at radius 3 is 1.62 bits per heavy atom. The normalized spacial score (nSPS) is 10.6. The Labute approximate surface area is 77.2 Å². The molecule has 68 valence electrons. The van der Waals surface area contributed by atoms with E-state index < -0.39 is 0 Å². The van der Waals surface area contributed by atoms with Gasteiger partial charge in [-0.2, -0.15) is 0 Å². The minimum Gasteiger partial charge on any atom is -0.466 e. The highest BCUT2D eigenvalue weighted by Crippen LogP contribution is 2.14. The van der Waals surface area contributed by atoms with Crippen LogP contribution in [0.5, 0.6) is 0 Å². The van der Waals surface area contributed by atoms with Crippen molar-refractivity contribution in [1.29, 1.82) is 0 Å². The van der Waals surface area contributed by atoms with E-state index in [0.29, 0.717) is 0 Å². The summed E-state index contributed by atoms with van der Waals surface area (Å²) in [6.07, 6.45) is 0.738. The van der Waals surface area contributed by atoms with Crippen molar-refractivity contribution in [3.8, 4) is 0 Å². The molecule has 0 spiro atoms. The SMILES string of the molecule is Cc1ccc(Cc2ccc(C)o2)o1. The van der Waals surface area contributed by atoms with Gasteiger partial charge in [0.15, 0.2) is 0 Å². The lowest BCUT2D eigenvalue weighted by atomic mass is 10.3. The van der Waals surface area contributed by atoms with Crippen molar-refractivity contribution in [1.82, 2.24) is 0 Å². The zero-order valence-electron chi connectivity index (χ0n) is 7.83. The molecule has 0 saturated heterocycles. The molecule has 0 saturated carbocycles. The predicted molar refractivity (Wildman–Crippen MR) is 49.7 cm³/mol. The quantitative estimate of drug-likeness (QED) is 0.702. The minimum absolute atomic E-state index is 0.738. The second kappa shape index (κ2) is 3.13. The number of hydrogen-bond donors (Lipinski definition) is 0. The van der Waals surface area contributed by atoms with Crippen molar-refractivity contribution in [3.05, 3.63) is 47.3 Å². The first kappa shape index (κ1) is 8.17. The number of rotatable bonds is 2. The lowest BCUT2D eigenvalue weighted by molar-refractivity contribution is 0.450. The molecule has 0 atom stereocenters. The van der Waals surface area contributed by atoms with Crippen LogP contribution in [0, 0.1) is 13.8 Å². The second-order valence-corrected chi connectivity index (χ2v) is 3.20. The molecule has 0 aliphatic carbocycles. The Hall–Kier alpha value is -1.44. The van der Waals surface area contributed by atoms with Crippen LogP contribution in [0.15, 0.2) is 33.1 Å². The molecule has 0 amide bonds. The molecule has 0 aliphatic rings. The van der Waals surface area contributed by atoms with Gasteiger partial charge in [-0.05, 0) is 38.1 Å². The molecule has 2 nitrogen and oxygen atoms in total. The van der Waals surface area contributed by atoms with E-state index in [1.165, 1.54) is 0 Å². The summed E-state index contributed by atoms with van der Waals surface area (Å²) < 4.78 is 10.9. The van der Waals surface area contributed by atoms with E-state index >= 15 is 0 Å². The smallest absolute Gasteiger partial charge is 0.111 e. The van der Waals surface area contributed by atoms with Gasteiger partial charge in [0.25, 0.3) is 0 Å². The fraction of sp³-hybridized carbons (Fsp3) is 0.273. The van der Waals surface area contributed by atoms with Gasteiger partial charge in [-0.3, -0.25) is 0 Å². The molecule has 0 unspecified atom stereocenters. The van der Waals surface area contributed by atoms with Crippen molar-refractivity contribution in [2.75, 3.05) is 0 Å². The Morgan fingerprint density at radius 2 is 1.31 bits per heavy atom. The predicted octanol–water partition coefficient (Wildman–Crippen LogP) is 3.08. The highest BCUT2D eigenvalue weighted by Gasteiger charge is 2.03. The van der Waals surface area contributed by atoms with Crippen LogP contribution in [0.1, 0.15) is 23.0 Å². The Balaban J connectivity index is 2.14. The fourth-order valence-electron chi connectivity index (χ4n) is 1.33. The van der Waals surface area contributed by atoms with E-state index in [-0.39, 0.29) is 0 Å². The second-order valence-electron chi connectivity index (χ2n) is 3.20. The zero-order chi connectivity index (χ0) is 9.26. The van der Waals surface area contributed by atoms with Gasteiger partial charge in [0.05, 0.1) is 6.42 Å². The van der Waals surface area contributed by atoms with Crippen LogP contribution < -0.4 is 0 Å². The summed E-state index contributed by atoms with van der Waals surface area (Å²) in [6.45, 7) is 3.88. The molecule has 0 radical (unpaired) electrons. The molecule has 0 aromatic carbocycles. The number of furan rings is 2. The van der Waals surface area contributed by atoms with Crippen LogP contribution >= 0.6 is 0 Å². The van der Waals surface area contributed by atoms with E-state index in [9.17, 15) is 0 Å². The average Bonchev–Trinajstić information content (AvgIpc) is 2.62. The summed E-state index contributed by atoms with van der Waals surface area (Å²) in [4.78, 5) is 0. The lowest BCUT2D eigenvalue weighted by Crippen LogP contribution is -1.80. The maximum Gasteiger partial charge on any atom is 0.111 e. The van der Waals surface area contributed by atoms with Crippen molar-refractivity contribution >= 4 is 0 Å². The molecule has 2 heterocycles. The summed E-state index contributed by atoms with van der Waals surface area (Å²) in [5.74, 6) is 3.79. The summed E-state index contributed by atoms with van der Waals surface area (Å²) in [7, 11) is 0. The summed E-state index contributed by atoms with van der Waals surface area (Å²) in [6, 6.07) is 7.89. The standard InChI is InChI=1S/C11H12O2/c1-8-3-5-10(12-8)7-11-6-4-9(2)13-11/h3-6H,7H2,1-2H3. The number of hydrogen-bond acceptors (Lipinski definition) is 2. The molecule has 0 fully saturated rings. The van der Waals surface area contributed by atoms with Crippen LogP contribution in [0.4, 0.5) is 0 Å². The molecule has 0 aliphatic heterocycles. The molecule has 0 N–H and O–H groups in total. The molecular formula is C11H12O2. The van der Waals surface area contributed by atoms with Crippen molar-refractivity contribution in [3.63, 3.8) is 0 Å². The first-order chi connectivity index (χ1) is 6.24. The molecule has 2 rings (SSSR count). The van der Waals surface area contributed by atoms with E-state index in [4.69, 9.17) is 8.83 Å². The zero-order valence-corrected chi connectivity index (χ0v) is 7.83. The average molecular weight is 176 g/mol. The highest BCUT2D eigenvalue weighted by atomic mass is 16.4. The summed E-state index contributed by atoms with van der Waals surface area (Å²) >= 11 is 0. The monoisotopic (exact) mass is 176 g/mol. The van der Waals surface area contributed by atoms with Crippen LogP contribution in [0.25, 0.3) is 0 Å². The Morgan fingerprint density at radius 1 is 0.846 bits per heavy atom. The summed E-state index contributed by atoms with van der Waals surface area (Å²) in [5.41, 5.74) is 0. The van der Waals surface area contributed by atoms with Gasteiger partial charge in [0, 0.05) is 0 Å². The first-order valence-electron chi connectivity index (χ1n) is 4.34. The van der Waals surface area contributed by atoms with Crippen LogP contribution in [0.3, 0.4) is 0 Å². The van der Waals surface area contributed by atoms with E-state index in [2.05, 4.69) is 0 Å². The third-order valence-electron chi connectivity index (χ3n) is 1.94. The third-order valence-corrected chi connectivity index (χ3v) is 1.94. The van der Waals surface area contributed by atoms with Gasteiger partial charge >= 0.3 is 0 Å². The molecule has 2 aromatic rings. The Bertz CT molecular complexity index is 357. The number of aryl methyl sites for hydroxylation is 2. The Kier molecular flexibility index (Phi) is 1.97. The van der Waals surface area contributed by atoms with E-state index in [0.717, 1.165) is 29.5 Å². The largest absolute Gasteiger partial charge is 0.466 e. The molecule has 0 bridgehead atoms. The van der Waals surface area contributed by atoms with Crippen molar-refractivity contribution in [2.24, 2.45) is 0 Å². The fourth-order valence-corrected chi connectivity index (χ4v) is 1.33. The van der Waals surface area contributed by atoms with Gasteiger partial charge in [-0.1, -0.05) is 0 Å². The maximum absolute atomic E-state index is 5.44. The highest BCUT2D eigenvalue weighted by molar-refractivity contribution is 5.14. The molecule has 2 aromatic heterocycles. The van der Waals surface area contributed by atoms with Crippen LogP contribution in [-0.2, 0) is 6.42 Å². The van der Waals surface area contributed by atoms with E-state index in [1.807, 2.05) is 38.1 Å². The molecule has 2 heteroatoms. The van der Waals surface area contributed by atoms with Crippen LogP contribution in [0.2, 0.25) is 0 Å². The first-order valence-corrected chi connectivity index (χ1v) is 4.34. The van der Waals surface area contributed by atoms with Gasteiger partial charge in [0.1, 0.15) is 23.0 Å². The van der Waals surface area contributed by atoms with Crippen molar-refractivity contribution < 1.29 is 8.83 Å². The third kappa shape index (κ3) is 1.83. The van der Waals surface area contributed by atoms with Crippen molar-refractivity contribution in [2.45, 2.75) is 20.3 Å². The minimum atomic E-state index is 0.738. The lowest BCUT2D eigenvalue weighted by Gasteiger charge is -1.91. The summed E-state index contributed by atoms with van der Waals surface area (Å²) in [5, 5.41) is 0. The molecular weight excluding hydrogens is 164 g/mol. The van der Waals surface area contributed by atoms with Gasteiger partial charge < -0.3 is 8.83 Å². The maximum atomic E-state index is 5.44. The van der Waals surface area contributed by atoms with E-state index in [1.54, 1.807) is 0 Å². The molecule has 13 heavy (non-hydrogen) atoms. The van der Waals surface area contributed by atoms with Crippen LogP contribution in [-0.4, -0.2) is 0 Å².